The molecule has 0 atom stereocenters. The van der Waals surface area contributed by atoms with Gasteiger partial charge in [0.1, 0.15) is 11.8 Å². The Balaban J connectivity index is 2.79. The topological polar surface area (TPSA) is 47.8 Å². The SMILES string of the molecule is Cn1nnc2ccc(C=O)cc21. The number of aryl methyl sites for hydroxylation is 1. The Morgan fingerprint density at radius 3 is 3.08 bits per heavy atom. The maximum Gasteiger partial charge on any atom is 0.150 e. The molecule has 60 valence electrons. The van der Waals surface area contributed by atoms with Crippen molar-refractivity contribution >= 4 is 17.3 Å². The molecule has 1 heterocycles. The molecule has 0 radical (unpaired) electrons. The highest BCUT2D eigenvalue weighted by Crippen LogP contribution is 2.10. The summed E-state index contributed by atoms with van der Waals surface area (Å²) in [6.07, 6.45) is 0.812. The second-order valence-corrected chi connectivity index (χ2v) is 2.58. The Labute approximate surface area is 68.8 Å². The monoisotopic (exact) mass is 161 g/mol. The van der Waals surface area contributed by atoms with Crippen molar-refractivity contribution in [2.75, 3.05) is 0 Å². The Kier molecular flexibility index (Phi) is 1.40. The minimum Gasteiger partial charge on any atom is -0.298 e. The van der Waals surface area contributed by atoms with Crippen molar-refractivity contribution in [3.05, 3.63) is 23.8 Å². The Hall–Kier alpha value is -1.71. The van der Waals surface area contributed by atoms with Crippen LogP contribution in [0.15, 0.2) is 18.2 Å². The van der Waals surface area contributed by atoms with Crippen LogP contribution in [0, 0.1) is 0 Å². The van der Waals surface area contributed by atoms with Crippen LogP contribution in [0.1, 0.15) is 10.4 Å². The van der Waals surface area contributed by atoms with Gasteiger partial charge in [-0.25, -0.2) is 4.68 Å². The highest BCUT2D eigenvalue weighted by molar-refractivity contribution is 5.84. The van der Waals surface area contributed by atoms with Gasteiger partial charge in [0.05, 0.1) is 5.52 Å². The van der Waals surface area contributed by atoms with Gasteiger partial charge < -0.3 is 0 Å². The number of carbonyl (C=O) groups excluding carboxylic acids is 1. The van der Waals surface area contributed by atoms with Gasteiger partial charge in [-0.2, -0.15) is 0 Å². The Bertz CT molecular complexity index is 433. The van der Waals surface area contributed by atoms with Crippen LogP contribution in [0.5, 0.6) is 0 Å². The Morgan fingerprint density at radius 2 is 2.33 bits per heavy atom. The smallest absolute Gasteiger partial charge is 0.150 e. The molecule has 0 amide bonds. The molecule has 0 N–H and O–H groups in total. The lowest BCUT2D eigenvalue weighted by molar-refractivity contribution is 0.112. The van der Waals surface area contributed by atoms with Gasteiger partial charge >= 0.3 is 0 Å². The van der Waals surface area contributed by atoms with Crippen molar-refractivity contribution in [3.8, 4) is 0 Å². The van der Waals surface area contributed by atoms with Gasteiger partial charge in [-0.1, -0.05) is 5.21 Å². The van der Waals surface area contributed by atoms with Crippen LogP contribution in [-0.4, -0.2) is 21.3 Å². The third-order valence-corrected chi connectivity index (χ3v) is 1.77. The van der Waals surface area contributed by atoms with Crippen molar-refractivity contribution in [2.45, 2.75) is 0 Å². The van der Waals surface area contributed by atoms with E-state index in [2.05, 4.69) is 10.3 Å². The summed E-state index contributed by atoms with van der Waals surface area (Å²) < 4.78 is 1.64. The second kappa shape index (κ2) is 2.41. The molecule has 0 bridgehead atoms. The number of nitrogens with zero attached hydrogens (tertiary/aromatic N) is 3. The number of hydrogen-bond donors (Lipinski definition) is 0. The summed E-state index contributed by atoms with van der Waals surface area (Å²) in [7, 11) is 1.80. The molecule has 1 aromatic carbocycles. The third-order valence-electron chi connectivity index (χ3n) is 1.77. The number of hydrogen-bond acceptors (Lipinski definition) is 3. The van der Waals surface area contributed by atoms with Crippen LogP contribution >= 0.6 is 0 Å². The van der Waals surface area contributed by atoms with Crippen LogP contribution in [0.25, 0.3) is 11.0 Å². The number of fused-ring (bicyclic) bond motifs is 1. The highest BCUT2D eigenvalue weighted by Gasteiger charge is 2.00. The molecule has 1 aromatic heterocycles. The predicted molar refractivity (Wildman–Crippen MR) is 43.9 cm³/mol. The maximum atomic E-state index is 10.4. The molecular formula is C8H7N3O. The van der Waals surface area contributed by atoms with E-state index in [0.29, 0.717) is 5.56 Å². The van der Waals surface area contributed by atoms with E-state index >= 15 is 0 Å². The molecule has 4 heteroatoms. The first-order valence-electron chi connectivity index (χ1n) is 3.56. The summed E-state index contributed by atoms with van der Waals surface area (Å²) in [5.74, 6) is 0. The van der Waals surface area contributed by atoms with E-state index in [-0.39, 0.29) is 0 Å². The lowest BCUT2D eigenvalue weighted by Gasteiger charge is -1.91. The summed E-state index contributed by atoms with van der Waals surface area (Å²) in [6, 6.07) is 5.28. The first kappa shape index (κ1) is 6.97. The average Bonchev–Trinajstić information content (AvgIpc) is 2.47. The van der Waals surface area contributed by atoms with Gasteiger partial charge in [-0.05, 0) is 18.2 Å². The van der Waals surface area contributed by atoms with E-state index in [1.807, 2.05) is 0 Å². The zero-order chi connectivity index (χ0) is 8.55. The first-order chi connectivity index (χ1) is 5.81. The second-order valence-electron chi connectivity index (χ2n) is 2.58. The summed E-state index contributed by atoms with van der Waals surface area (Å²) >= 11 is 0. The van der Waals surface area contributed by atoms with E-state index in [1.165, 1.54) is 0 Å². The standard InChI is InChI=1S/C8H7N3O/c1-11-8-4-6(5-12)2-3-7(8)9-10-11/h2-5H,1H3. The predicted octanol–water partition coefficient (Wildman–Crippen LogP) is 0.781. The molecule has 0 fully saturated rings. The van der Waals surface area contributed by atoms with Crippen molar-refractivity contribution in [2.24, 2.45) is 7.05 Å². The number of aromatic nitrogens is 3. The highest BCUT2D eigenvalue weighted by atomic mass is 16.1. The molecule has 2 aromatic rings. The molecule has 0 spiro atoms. The molecular weight excluding hydrogens is 154 g/mol. The molecule has 0 unspecified atom stereocenters. The molecule has 0 aliphatic carbocycles. The van der Waals surface area contributed by atoms with E-state index in [4.69, 9.17) is 0 Å². The number of carbonyl (C=O) groups is 1. The normalized spacial score (nSPS) is 10.4. The zero-order valence-corrected chi connectivity index (χ0v) is 6.56. The molecule has 0 saturated heterocycles. The fourth-order valence-corrected chi connectivity index (χ4v) is 1.12. The van der Waals surface area contributed by atoms with Gasteiger partial charge in [-0.3, -0.25) is 4.79 Å². The van der Waals surface area contributed by atoms with E-state index < -0.39 is 0 Å². The van der Waals surface area contributed by atoms with Crippen molar-refractivity contribution in [1.29, 1.82) is 0 Å². The third kappa shape index (κ3) is 0.887. The fraction of sp³-hybridized carbons (Fsp3) is 0.125. The maximum absolute atomic E-state index is 10.4. The van der Waals surface area contributed by atoms with Crippen LogP contribution in [-0.2, 0) is 7.05 Å². The van der Waals surface area contributed by atoms with Gasteiger partial charge in [0, 0.05) is 12.6 Å². The van der Waals surface area contributed by atoms with Crippen LogP contribution < -0.4 is 0 Å². The van der Waals surface area contributed by atoms with Gasteiger partial charge in [0.25, 0.3) is 0 Å². The van der Waals surface area contributed by atoms with E-state index in [1.54, 1.807) is 29.9 Å². The van der Waals surface area contributed by atoms with Crippen molar-refractivity contribution < 1.29 is 4.79 Å². The Morgan fingerprint density at radius 1 is 1.50 bits per heavy atom. The number of aldehydes is 1. The molecule has 12 heavy (non-hydrogen) atoms. The molecule has 0 saturated carbocycles. The quantitative estimate of drug-likeness (QED) is 0.580. The minimum atomic E-state index is 0.646. The van der Waals surface area contributed by atoms with Crippen LogP contribution in [0.4, 0.5) is 0 Å². The molecule has 0 aliphatic heterocycles. The number of benzene rings is 1. The number of rotatable bonds is 1. The first-order valence-corrected chi connectivity index (χ1v) is 3.56. The van der Waals surface area contributed by atoms with Gasteiger partial charge in [-0.15, -0.1) is 5.10 Å². The lowest BCUT2D eigenvalue weighted by Crippen LogP contribution is -1.89. The van der Waals surface area contributed by atoms with Crippen molar-refractivity contribution in [1.82, 2.24) is 15.0 Å². The van der Waals surface area contributed by atoms with Crippen LogP contribution in [0.3, 0.4) is 0 Å². The molecule has 4 nitrogen and oxygen atoms in total. The lowest BCUT2D eigenvalue weighted by atomic mass is 10.2. The zero-order valence-electron chi connectivity index (χ0n) is 6.56. The van der Waals surface area contributed by atoms with E-state index in [9.17, 15) is 4.79 Å². The summed E-state index contributed by atoms with van der Waals surface area (Å²) in [5, 5.41) is 7.71. The summed E-state index contributed by atoms with van der Waals surface area (Å²) in [5.41, 5.74) is 2.33. The minimum absolute atomic E-state index is 0.646. The average molecular weight is 161 g/mol. The van der Waals surface area contributed by atoms with Crippen molar-refractivity contribution in [3.63, 3.8) is 0 Å². The fourth-order valence-electron chi connectivity index (χ4n) is 1.12. The summed E-state index contributed by atoms with van der Waals surface area (Å²) in [4.78, 5) is 10.4. The van der Waals surface area contributed by atoms with Gasteiger partial charge in [0.15, 0.2) is 0 Å². The molecule has 0 aliphatic rings. The van der Waals surface area contributed by atoms with E-state index in [0.717, 1.165) is 17.3 Å². The summed E-state index contributed by atoms with van der Waals surface area (Å²) in [6.45, 7) is 0. The largest absolute Gasteiger partial charge is 0.298 e. The molecule has 2 rings (SSSR count). The van der Waals surface area contributed by atoms with Crippen LogP contribution in [0.2, 0.25) is 0 Å². The van der Waals surface area contributed by atoms with Gasteiger partial charge in [0.2, 0.25) is 0 Å².